The zero-order valence-corrected chi connectivity index (χ0v) is 21.7. The molecule has 3 rings (SSSR count). The molecule has 0 aromatic carbocycles. The topological polar surface area (TPSA) is 159 Å². The highest BCUT2D eigenvalue weighted by Crippen LogP contribution is 2.25. The van der Waals surface area contributed by atoms with Gasteiger partial charge >= 0.3 is 6.09 Å². The number of imidazole rings is 1. The van der Waals surface area contributed by atoms with Crippen LogP contribution < -0.4 is 21.5 Å². The highest BCUT2D eigenvalue weighted by Gasteiger charge is 2.25. The number of nitrogens with two attached hydrogens (primary N) is 1. The number of carbonyl (C=O) groups is 2. The summed E-state index contributed by atoms with van der Waals surface area (Å²) < 4.78 is 13.4. The summed E-state index contributed by atoms with van der Waals surface area (Å²) in [4.78, 5) is 42.6. The largest absolute Gasteiger partial charge is 0.443 e. The number of halogens is 1. The normalized spacial score (nSPS) is 12.4. The molecule has 0 radical (unpaired) electrons. The lowest BCUT2D eigenvalue weighted by molar-refractivity contribution is 0.0589. The van der Waals surface area contributed by atoms with Crippen LogP contribution in [0.5, 0.6) is 0 Å². The van der Waals surface area contributed by atoms with Crippen molar-refractivity contribution in [2.45, 2.75) is 45.9 Å². The van der Waals surface area contributed by atoms with Crippen molar-refractivity contribution in [3.63, 3.8) is 0 Å². The van der Waals surface area contributed by atoms with Gasteiger partial charge < -0.3 is 20.5 Å². The average Bonchev–Trinajstić information content (AvgIpc) is 3.19. The monoisotopic (exact) mass is 520 g/mol. The first-order chi connectivity index (χ1) is 16.8. The van der Waals surface area contributed by atoms with E-state index in [0.29, 0.717) is 11.4 Å². The quantitative estimate of drug-likeness (QED) is 0.473. The molecule has 2 amide bonds. The first kappa shape index (κ1) is 26.9. The highest BCUT2D eigenvalue weighted by atomic mass is 35.5. The van der Waals surface area contributed by atoms with Gasteiger partial charge in [-0.15, -0.1) is 0 Å². The number of anilines is 2. The molecule has 1 atom stereocenters. The molecule has 3 N–H and O–H groups in total. The number of amides is 2. The van der Waals surface area contributed by atoms with Gasteiger partial charge in [-0.05, 0) is 33.8 Å². The third-order valence-corrected chi connectivity index (χ3v) is 5.00. The third kappa shape index (κ3) is 6.29. The minimum atomic E-state index is -0.697. The molecule has 0 aliphatic carbocycles. The van der Waals surface area contributed by atoms with Crippen LogP contribution in [0.2, 0.25) is 5.15 Å². The summed E-state index contributed by atoms with van der Waals surface area (Å²) >= 11 is 6.18. The van der Waals surface area contributed by atoms with Crippen molar-refractivity contribution in [1.82, 2.24) is 29.7 Å². The van der Waals surface area contributed by atoms with Crippen LogP contribution in [0.25, 0.3) is 5.65 Å². The smallest absolute Gasteiger partial charge is 0.414 e. The molecule has 3 heterocycles. The summed E-state index contributed by atoms with van der Waals surface area (Å²) in [6, 6.07) is 2.52. The number of rotatable bonds is 7. The van der Waals surface area contributed by atoms with Gasteiger partial charge in [-0.3, -0.25) is 14.5 Å². The fourth-order valence-electron chi connectivity index (χ4n) is 3.20. The number of nitrogen functional groups attached to an aromatic ring is 1. The van der Waals surface area contributed by atoms with Crippen molar-refractivity contribution >= 4 is 40.6 Å². The van der Waals surface area contributed by atoms with Crippen LogP contribution in [-0.2, 0) is 23.1 Å². The molecule has 3 aromatic heterocycles. The zero-order valence-electron chi connectivity index (χ0n) is 20.9. The number of hydrogen-bond donors (Lipinski definition) is 2. The maximum Gasteiger partial charge on any atom is 0.414 e. The average molecular weight is 521 g/mol. The van der Waals surface area contributed by atoms with Crippen LogP contribution in [0.4, 0.5) is 16.2 Å². The summed E-state index contributed by atoms with van der Waals surface area (Å²) in [5.74, 6) is -0.469. The van der Waals surface area contributed by atoms with E-state index in [1.54, 1.807) is 27.7 Å². The van der Waals surface area contributed by atoms with E-state index in [4.69, 9.17) is 26.8 Å². The Morgan fingerprint density at radius 3 is 2.61 bits per heavy atom. The predicted octanol–water partition coefficient (Wildman–Crippen LogP) is 1.77. The van der Waals surface area contributed by atoms with E-state index in [9.17, 15) is 14.4 Å². The number of hydrogen-bond acceptors (Lipinski definition) is 9. The van der Waals surface area contributed by atoms with E-state index < -0.39 is 23.6 Å². The first-order valence-electron chi connectivity index (χ1n) is 11.0. The number of nitrogens with zero attached hydrogens (tertiary/aromatic N) is 6. The van der Waals surface area contributed by atoms with E-state index in [1.807, 2.05) is 0 Å². The molecule has 36 heavy (non-hydrogen) atoms. The summed E-state index contributed by atoms with van der Waals surface area (Å²) in [7, 11) is 3.01. The Kier molecular flexibility index (Phi) is 7.84. The molecule has 0 unspecified atom stereocenters. The van der Waals surface area contributed by atoms with Crippen molar-refractivity contribution in [1.29, 1.82) is 0 Å². The summed E-state index contributed by atoms with van der Waals surface area (Å²) in [5, 5.41) is 11.1. The number of ether oxygens (including phenoxy) is 2. The first-order valence-corrected chi connectivity index (χ1v) is 11.4. The van der Waals surface area contributed by atoms with Crippen LogP contribution in [0, 0.1) is 0 Å². The number of aromatic nitrogens is 5. The van der Waals surface area contributed by atoms with E-state index in [-0.39, 0.29) is 41.0 Å². The second-order valence-corrected chi connectivity index (χ2v) is 9.57. The molecule has 0 bridgehead atoms. The van der Waals surface area contributed by atoms with Gasteiger partial charge in [-0.2, -0.15) is 10.2 Å². The maximum absolute atomic E-state index is 12.9. The van der Waals surface area contributed by atoms with Gasteiger partial charge in [0, 0.05) is 26.2 Å². The molecule has 0 fully saturated rings. The second kappa shape index (κ2) is 10.5. The molecule has 0 saturated carbocycles. The van der Waals surface area contributed by atoms with Gasteiger partial charge in [0.1, 0.15) is 11.3 Å². The molecule has 0 aliphatic rings. The highest BCUT2D eigenvalue weighted by molar-refractivity contribution is 6.29. The Bertz CT molecular complexity index is 1320. The summed E-state index contributed by atoms with van der Waals surface area (Å²) in [6.07, 6.45) is 0.728. The van der Waals surface area contributed by atoms with E-state index >= 15 is 0 Å². The lowest BCUT2D eigenvalue weighted by Crippen LogP contribution is -2.37. The Hall–Kier alpha value is -3.71. The molecule has 14 heteroatoms. The molecule has 0 spiro atoms. The molecule has 194 valence electrons. The van der Waals surface area contributed by atoms with Crippen molar-refractivity contribution in [2.24, 2.45) is 7.05 Å². The lowest BCUT2D eigenvalue weighted by Gasteiger charge is -2.24. The Labute approximate surface area is 212 Å². The molecular weight excluding hydrogens is 492 g/mol. The minimum absolute atomic E-state index is 0.0559. The molecule has 13 nitrogen and oxygen atoms in total. The number of carbonyl (C=O) groups excluding carboxylic acids is 2. The van der Waals surface area contributed by atoms with Crippen LogP contribution in [0.1, 0.15) is 43.9 Å². The standard InChI is InChI=1S/C22H29ClN8O5/c1-12(10-35-11-13-7-14(24)20(33)30(6)27-13)26-19(32)16-9-25-18-15(8-17(23)28-31(16)18)29(5)21(34)36-22(2,3)4/h7-9,12H,10-11,24H2,1-6H3,(H,26,32)/t12-/m1/s1. The van der Waals surface area contributed by atoms with E-state index in [1.165, 1.54) is 41.8 Å². The predicted molar refractivity (Wildman–Crippen MR) is 133 cm³/mol. The Morgan fingerprint density at radius 2 is 1.97 bits per heavy atom. The molecule has 3 aromatic rings. The molecule has 0 aliphatic heterocycles. The van der Waals surface area contributed by atoms with Crippen LogP contribution in [0.15, 0.2) is 23.1 Å². The van der Waals surface area contributed by atoms with E-state index in [0.717, 1.165) is 4.68 Å². The number of aryl methyl sites for hydroxylation is 1. The Morgan fingerprint density at radius 1 is 1.28 bits per heavy atom. The maximum atomic E-state index is 12.9. The van der Waals surface area contributed by atoms with Crippen molar-refractivity contribution in [3.05, 3.63) is 45.2 Å². The summed E-state index contributed by atoms with van der Waals surface area (Å²) in [6.45, 7) is 7.28. The van der Waals surface area contributed by atoms with E-state index in [2.05, 4.69) is 20.5 Å². The zero-order chi connectivity index (χ0) is 26.8. The van der Waals surface area contributed by atoms with Crippen molar-refractivity contribution in [2.75, 3.05) is 24.3 Å². The fourth-order valence-corrected chi connectivity index (χ4v) is 3.38. The van der Waals surface area contributed by atoms with Gasteiger partial charge in [0.2, 0.25) is 0 Å². The third-order valence-electron chi connectivity index (χ3n) is 4.82. The second-order valence-electron chi connectivity index (χ2n) is 9.18. The van der Waals surface area contributed by atoms with Crippen LogP contribution in [0.3, 0.4) is 0 Å². The van der Waals surface area contributed by atoms with Gasteiger partial charge in [-0.1, -0.05) is 11.6 Å². The number of nitrogens with one attached hydrogen (secondary N) is 1. The fraction of sp³-hybridized carbons (Fsp3) is 0.455. The minimum Gasteiger partial charge on any atom is -0.443 e. The van der Waals surface area contributed by atoms with Gasteiger partial charge in [0.05, 0.1) is 30.8 Å². The number of fused-ring (bicyclic) bond motifs is 1. The lowest BCUT2D eigenvalue weighted by atomic mass is 10.2. The van der Waals surface area contributed by atoms with Gasteiger partial charge in [-0.25, -0.2) is 19.0 Å². The van der Waals surface area contributed by atoms with Crippen LogP contribution >= 0.6 is 11.6 Å². The summed E-state index contributed by atoms with van der Waals surface area (Å²) in [5.41, 5.74) is 5.82. The van der Waals surface area contributed by atoms with Gasteiger partial charge in [0.15, 0.2) is 16.5 Å². The van der Waals surface area contributed by atoms with Crippen molar-refractivity contribution < 1.29 is 19.1 Å². The Balaban J connectivity index is 1.70. The molecule has 0 saturated heterocycles. The van der Waals surface area contributed by atoms with Crippen molar-refractivity contribution in [3.8, 4) is 0 Å². The SMILES string of the molecule is C[C@H](COCc1cc(N)c(=O)n(C)n1)NC(=O)c1cnc2c(N(C)C(=O)OC(C)(C)C)cc(Cl)nn12. The van der Waals surface area contributed by atoms with Crippen LogP contribution in [-0.4, -0.2) is 61.7 Å². The van der Waals surface area contributed by atoms with Gasteiger partial charge in [0.25, 0.3) is 11.5 Å². The molecular formula is C22H29ClN8O5.